The Hall–Kier alpha value is -3.56. The molecule has 1 aromatic carbocycles. The summed E-state index contributed by atoms with van der Waals surface area (Å²) in [7, 11) is 0. The summed E-state index contributed by atoms with van der Waals surface area (Å²) >= 11 is 1.66. The number of carbonyl (C=O) groups is 1. The predicted octanol–water partition coefficient (Wildman–Crippen LogP) is 4.30. The average Bonchev–Trinajstić information content (AvgIpc) is 3.63. The largest absolute Gasteiger partial charge is 0.384 e. The van der Waals surface area contributed by atoms with E-state index < -0.39 is 0 Å². The van der Waals surface area contributed by atoms with Gasteiger partial charge in [0.2, 0.25) is 0 Å². The maximum Gasteiger partial charge on any atom is 0.274 e. The molecule has 0 radical (unpaired) electrons. The monoisotopic (exact) mass is 472 g/mol. The van der Waals surface area contributed by atoms with Crippen molar-refractivity contribution in [2.75, 3.05) is 42.3 Å². The number of nitrogen functional groups attached to an aromatic ring is 1. The van der Waals surface area contributed by atoms with E-state index in [4.69, 9.17) is 15.5 Å². The number of pyridine rings is 2. The van der Waals surface area contributed by atoms with Crippen molar-refractivity contribution in [3.8, 4) is 11.3 Å². The van der Waals surface area contributed by atoms with Crippen LogP contribution in [0.4, 0.5) is 16.6 Å². The molecule has 0 unspecified atom stereocenters. The molecule has 3 aromatic heterocycles. The number of nitrogens with two attached hydrogens (primary N) is 1. The Bertz CT molecular complexity index is 1360. The normalized spacial score (nSPS) is 16.1. The first-order chi connectivity index (χ1) is 16.6. The molecule has 1 aliphatic heterocycles. The van der Waals surface area contributed by atoms with E-state index >= 15 is 0 Å². The molecule has 1 saturated carbocycles. The number of morpholine rings is 1. The maximum absolute atomic E-state index is 13.2. The van der Waals surface area contributed by atoms with E-state index in [2.05, 4.69) is 32.3 Å². The van der Waals surface area contributed by atoms with E-state index in [-0.39, 0.29) is 5.91 Å². The minimum absolute atomic E-state index is 0.232. The summed E-state index contributed by atoms with van der Waals surface area (Å²) in [4.78, 5) is 29.0. The minimum atomic E-state index is -0.232. The number of nitrogens with zero attached hydrogens (tertiary/aromatic N) is 4. The molecule has 8 nitrogen and oxygen atoms in total. The second-order valence-electron chi connectivity index (χ2n) is 8.61. The maximum atomic E-state index is 13.2. The Labute approximate surface area is 200 Å². The number of amides is 1. The molecule has 1 aliphatic carbocycles. The van der Waals surface area contributed by atoms with E-state index in [0.717, 1.165) is 71.3 Å². The molecule has 4 aromatic rings. The van der Waals surface area contributed by atoms with Gasteiger partial charge >= 0.3 is 0 Å². The molecule has 2 aliphatic rings. The number of carbonyl (C=O) groups excluding carboxylic acids is 1. The van der Waals surface area contributed by atoms with E-state index in [0.29, 0.717) is 23.1 Å². The van der Waals surface area contributed by atoms with Crippen molar-refractivity contribution < 1.29 is 9.53 Å². The average molecular weight is 473 g/mol. The quantitative estimate of drug-likeness (QED) is 0.446. The fourth-order valence-corrected chi connectivity index (χ4v) is 5.21. The Balaban J connectivity index is 1.29. The third-order valence-electron chi connectivity index (χ3n) is 6.16. The molecule has 4 heterocycles. The number of rotatable bonds is 5. The van der Waals surface area contributed by atoms with Crippen LogP contribution in [-0.4, -0.2) is 47.2 Å². The number of hydrogen-bond acceptors (Lipinski definition) is 8. The van der Waals surface area contributed by atoms with Crippen LogP contribution in [0.5, 0.6) is 0 Å². The Morgan fingerprint density at radius 3 is 2.74 bits per heavy atom. The topological polar surface area (TPSA) is 106 Å². The van der Waals surface area contributed by atoms with Gasteiger partial charge < -0.3 is 20.7 Å². The molecule has 0 bridgehead atoms. The zero-order valence-electron chi connectivity index (χ0n) is 18.5. The summed E-state index contributed by atoms with van der Waals surface area (Å²) in [6.45, 7) is 3.15. The van der Waals surface area contributed by atoms with Gasteiger partial charge in [0.05, 0.1) is 29.1 Å². The van der Waals surface area contributed by atoms with E-state index in [1.165, 1.54) is 0 Å². The van der Waals surface area contributed by atoms with E-state index in [1.54, 1.807) is 29.7 Å². The minimum Gasteiger partial charge on any atom is -0.384 e. The van der Waals surface area contributed by atoms with Crippen LogP contribution in [0.15, 0.2) is 48.7 Å². The summed E-state index contributed by atoms with van der Waals surface area (Å²) in [6.07, 6.45) is 3.92. The lowest BCUT2D eigenvalue weighted by molar-refractivity contribution is 0.102. The van der Waals surface area contributed by atoms with Crippen LogP contribution >= 0.6 is 11.3 Å². The summed E-state index contributed by atoms with van der Waals surface area (Å²) < 4.78 is 6.54. The number of aromatic nitrogens is 3. The number of benzene rings is 1. The fraction of sp³-hybridized carbons (Fsp3) is 0.280. The van der Waals surface area contributed by atoms with Crippen molar-refractivity contribution in [3.05, 3.63) is 59.9 Å². The zero-order chi connectivity index (χ0) is 23.1. The standard InChI is InChI=1S/C25H24N6O2S/c26-23-7-6-16(14-27-23)18-2-1-3-19(28-18)24(32)29-20-13-22-21(12-17(20)15-4-5-15)30-25(34-22)31-8-10-33-11-9-31/h1-3,6-7,12-15H,4-5,8-11H2,(H2,26,27)(H,29,32). The van der Waals surface area contributed by atoms with E-state index in [9.17, 15) is 4.79 Å². The van der Waals surface area contributed by atoms with Gasteiger partial charge in [-0.2, -0.15) is 0 Å². The molecule has 1 amide bonds. The van der Waals surface area contributed by atoms with Crippen molar-refractivity contribution in [3.63, 3.8) is 0 Å². The first-order valence-corrected chi connectivity index (χ1v) is 12.2. The van der Waals surface area contributed by atoms with Gasteiger partial charge in [-0.25, -0.2) is 15.0 Å². The van der Waals surface area contributed by atoms with Gasteiger partial charge in [0.15, 0.2) is 5.13 Å². The molecule has 34 heavy (non-hydrogen) atoms. The Kier molecular flexibility index (Phi) is 5.35. The molecule has 0 spiro atoms. The number of nitrogens with one attached hydrogen (secondary N) is 1. The lowest BCUT2D eigenvalue weighted by Crippen LogP contribution is -2.36. The highest BCUT2D eigenvalue weighted by atomic mass is 32.1. The first kappa shape index (κ1) is 21.0. The van der Waals surface area contributed by atoms with Crippen molar-refractivity contribution in [2.24, 2.45) is 0 Å². The molecule has 9 heteroatoms. The van der Waals surface area contributed by atoms with Gasteiger partial charge in [-0.1, -0.05) is 17.4 Å². The van der Waals surface area contributed by atoms with Crippen LogP contribution in [0.1, 0.15) is 34.8 Å². The van der Waals surface area contributed by atoms with Crippen LogP contribution in [0, 0.1) is 0 Å². The highest BCUT2D eigenvalue weighted by Crippen LogP contribution is 2.46. The Morgan fingerprint density at radius 2 is 1.97 bits per heavy atom. The number of ether oxygens (including phenoxy) is 1. The summed E-state index contributed by atoms with van der Waals surface area (Å²) in [6, 6.07) is 13.2. The van der Waals surface area contributed by atoms with Crippen LogP contribution in [-0.2, 0) is 4.74 Å². The highest BCUT2D eigenvalue weighted by Gasteiger charge is 2.28. The summed E-state index contributed by atoms with van der Waals surface area (Å²) in [5.74, 6) is 0.679. The van der Waals surface area contributed by atoms with Gasteiger partial charge in [0.1, 0.15) is 11.5 Å². The lowest BCUT2D eigenvalue weighted by Gasteiger charge is -2.25. The molecule has 172 valence electrons. The third kappa shape index (κ3) is 4.20. The van der Waals surface area contributed by atoms with Crippen molar-refractivity contribution in [2.45, 2.75) is 18.8 Å². The molecule has 1 saturated heterocycles. The van der Waals surface area contributed by atoms with Crippen molar-refractivity contribution in [1.82, 2.24) is 15.0 Å². The fourth-order valence-electron chi connectivity index (χ4n) is 4.17. The predicted molar refractivity (Wildman–Crippen MR) is 134 cm³/mol. The van der Waals surface area contributed by atoms with E-state index in [1.807, 2.05) is 18.2 Å². The first-order valence-electron chi connectivity index (χ1n) is 11.4. The molecule has 6 rings (SSSR count). The zero-order valence-corrected chi connectivity index (χ0v) is 19.3. The molecular weight excluding hydrogens is 448 g/mol. The second kappa shape index (κ2) is 8.66. The van der Waals surface area contributed by atoms with Crippen molar-refractivity contribution >= 4 is 44.1 Å². The summed E-state index contributed by atoms with van der Waals surface area (Å²) in [5, 5.41) is 4.13. The number of fused-ring (bicyclic) bond motifs is 1. The van der Waals surface area contributed by atoms with Gasteiger partial charge in [-0.15, -0.1) is 0 Å². The highest BCUT2D eigenvalue weighted by molar-refractivity contribution is 7.22. The SMILES string of the molecule is Nc1ccc(-c2cccc(C(=O)Nc3cc4sc(N5CCOCC5)nc4cc3C3CC3)n2)cn1. The molecular formula is C25H24N6O2S. The summed E-state index contributed by atoms with van der Waals surface area (Å²) in [5.41, 5.74) is 10.5. The number of anilines is 3. The second-order valence-corrected chi connectivity index (χ2v) is 9.62. The van der Waals surface area contributed by atoms with Crippen LogP contribution in [0.3, 0.4) is 0 Å². The van der Waals surface area contributed by atoms with Gasteiger partial charge in [0.25, 0.3) is 5.91 Å². The van der Waals surface area contributed by atoms with Crippen LogP contribution < -0.4 is 16.0 Å². The molecule has 2 fully saturated rings. The number of thiazole rings is 1. The molecule has 3 N–H and O–H groups in total. The van der Waals surface area contributed by atoms with Gasteiger partial charge in [-0.3, -0.25) is 4.79 Å². The smallest absolute Gasteiger partial charge is 0.274 e. The molecule has 0 atom stereocenters. The number of hydrogen-bond donors (Lipinski definition) is 2. The lowest BCUT2D eigenvalue weighted by atomic mass is 10.1. The van der Waals surface area contributed by atoms with Gasteiger partial charge in [0, 0.05) is 30.5 Å². The Morgan fingerprint density at radius 1 is 1.12 bits per heavy atom. The van der Waals surface area contributed by atoms with Crippen LogP contribution in [0.2, 0.25) is 0 Å². The third-order valence-corrected chi connectivity index (χ3v) is 7.24. The van der Waals surface area contributed by atoms with Gasteiger partial charge in [-0.05, 0) is 60.7 Å². The van der Waals surface area contributed by atoms with Crippen molar-refractivity contribution in [1.29, 1.82) is 0 Å². The van der Waals surface area contributed by atoms with Crippen LogP contribution in [0.25, 0.3) is 21.5 Å².